The molecule has 11 heavy (non-hydrogen) atoms. The molecule has 2 nitrogen and oxygen atoms in total. The van der Waals surface area contributed by atoms with E-state index in [2.05, 4.69) is 34.9 Å². The fourth-order valence-electron chi connectivity index (χ4n) is 0.875. The summed E-state index contributed by atoms with van der Waals surface area (Å²) in [5, 5.41) is 5.15. The zero-order valence-corrected chi connectivity index (χ0v) is 8.50. The highest BCUT2D eigenvalue weighted by Gasteiger charge is 2.16. The molecule has 0 amide bonds. The van der Waals surface area contributed by atoms with Gasteiger partial charge in [0.2, 0.25) is 0 Å². The van der Waals surface area contributed by atoms with Crippen molar-refractivity contribution in [1.29, 1.82) is 0 Å². The van der Waals surface area contributed by atoms with Gasteiger partial charge < -0.3 is 0 Å². The molecule has 0 unspecified atom stereocenters. The first-order chi connectivity index (χ1) is 5.14. The Morgan fingerprint density at radius 1 is 1.55 bits per heavy atom. The monoisotopic (exact) mass is 216 g/mol. The molecule has 0 saturated carbocycles. The molecule has 0 bridgehead atoms. The van der Waals surface area contributed by atoms with Crippen molar-refractivity contribution < 1.29 is 0 Å². The molecular weight excluding hydrogens is 204 g/mol. The van der Waals surface area contributed by atoms with Gasteiger partial charge in [-0.1, -0.05) is 29.8 Å². The van der Waals surface area contributed by atoms with Crippen LogP contribution in [0.15, 0.2) is 18.5 Å². The van der Waals surface area contributed by atoms with E-state index in [0.717, 1.165) is 11.9 Å². The van der Waals surface area contributed by atoms with E-state index in [0.29, 0.717) is 0 Å². The van der Waals surface area contributed by atoms with E-state index < -0.39 is 0 Å². The second-order valence-electron chi connectivity index (χ2n) is 3.50. The minimum Gasteiger partial charge on any atom is -0.272 e. The number of hydrogen-bond donors (Lipinski definition) is 0. The van der Waals surface area contributed by atoms with Gasteiger partial charge in [-0.15, -0.1) is 0 Å². The molecule has 0 saturated heterocycles. The van der Waals surface area contributed by atoms with E-state index in [1.54, 1.807) is 0 Å². The summed E-state index contributed by atoms with van der Waals surface area (Å²) in [5.41, 5.74) is 0.284. The molecule has 0 aliphatic heterocycles. The topological polar surface area (TPSA) is 17.8 Å². The Hall–Kier alpha value is -0.310. The van der Waals surface area contributed by atoms with Gasteiger partial charge in [0.25, 0.3) is 0 Å². The number of aromatic nitrogens is 2. The number of hydrogen-bond acceptors (Lipinski definition) is 1. The van der Waals surface area contributed by atoms with Crippen molar-refractivity contribution in [2.24, 2.45) is 5.41 Å². The Bertz CT molecular complexity index is 204. The average Bonchev–Trinajstić information content (AvgIpc) is 2.39. The van der Waals surface area contributed by atoms with E-state index in [4.69, 9.17) is 0 Å². The zero-order valence-electron chi connectivity index (χ0n) is 6.92. The first-order valence-corrected chi connectivity index (χ1v) is 4.80. The van der Waals surface area contributed by atoms with Crippen molar-refractivity contribution in [3.8, 4) is 0 Å². The van der Waals surface area contributed by atoms with Crippen LogP contribution in [0.1, 0.15) is 13.8 Å². The second-order valence-corrected chi connectivity index (χ2v) is 4.06. The lowest BCUT2D eigenvalue weighted by atomic mass is 9.97. The molecule has 0 spiro atoms. The van der Waals surface area contributed by atoms with Crippen LogP contribution in [0.5, 0.6) is 0 Å². The zero-order chi connectivity index (χ0) is 8.32. The van der Waals surface area contributed by atoms with Crippen LogP contribution >= 0.6 is 15.9 Å². The van der Waals surface area contributed by atoms with Crippen LogP contribution < -0.4 is 0 Å². The van der Waals surface area contributed by atoms with Crippen molar-refractivity contribution in [3.63, 3.8) is 0 Å². The van der Waals surface area contributed by atoms with E-state index in [1.807, 2.05) is 23.1 Å². The van der Waals surface area contributed by atoms with Crippen molar-refractivity contribution in [3.05, 3.63) is 18.5 Å². The third-order valence-corrected chi connectivity index (χ3v) is 3.03. The van der Waals surface area contributed by atoms with Crippen LogP contribution in [0.2, 0.25) is 0 Å². The Balaban J connectivity index is 2.56. The molecule has 1 aromatic rings. The normalized spacial score (nSPS) is 11.9. The summed E-state index contributed by atoms with van der Waals surface area (Å²) in [6.45, 7) is 5.39. The standard InChI is InChI=1S/C8H13BrN2/c1-8(2,6-9)7-11-5-3-4-10-11/h3-5H,6-7H2,1-2H3. The number of halogens is 1. The van der Waals surface area contributed by atoms with Crippen molar-refractivity contribution in [2.75, 3.05) is 5.33 Å². The molecule has 0 aromatic carbocycles. The van der Waals surface area contributed by atoms with Gasteiger partial charge in [0.1, 0.15) is 0 Å². The van der Waals surface area contributed by atoms with Gasteiger partial charge in [-0.2, -0.15) is 5.10 Å². The van der Waals surface area contributed by atoms with Crippen LogP contribution in [0.3, 0.4) is 0 Å². The summed E-state index contributed by atoms with van der Waals surface area (Å²) in [6.07, 6.45) is 3.80. The molecule has 1 heterocycles. The summed E-state index contributed by atoms with van der Waals surface area (Å²) < 4.78 is 1.96. The highest BCUT2D eigenvalue weighted by Crippen LogP contribution is 2.19. The smallest absolute Gasteiger partial charge is 0.0489 e. The minimum absolute atomic E-state index is 0.284. The lowest BCUT2D eigenvalue weighted by Gasteiger charge is -2.20. The number of nitrogens with zero attached hydrogens (tertiary/aromatic N) is 2. The van der Waals surface area contributed by atoms with Crippen LogP contribution in [-0.4, -0.2) is 15.1 Å². The first kappa shape index (κ1) is 8.78. The van der Waals surface area contributed by atoms with Crippen LogP contribution in [0.4, 0.5) is 0 Å². The van der Waals surface area contributed by atoms with Gasteiger partial charge in [-0.3, -0.25) is 4.68 Å². The summed E-state index contributed by atoms with van der Waals surface area (Å²) in [5.74, 6) is 0. The summed E-state index contributed by atoms with van der Waals surface area (Å²) in [4.78, 5) is 0. The maximum Gasteiger partial charge on any atom is 0.0489 e. The molecule has 1 aromatic heterocycles. The Morgan fingerprint density at radius 3 is 2.73 bits per heavy atom. The van der Waals surface area contributed by atoms with Gasteiger partial charge >= 0.3 is 0 Å². The lowest BCUT2D eigenvalue weighted by Crippen LogP contribution is -2.21. The SMILES string of the molecule is CC(C)(CBr)Cn1cccn1. The van der Waals surface area contributed by atoms with E-state index in [-0.39, 0.29) is 5.41 Å². The Kier molecular flexibility index (Phi) is 2.71. The molecule has 0 aliphatic carbocycles. The lowest BCUT2D eigenvalue weighted by molar-refractivity contribution is 0.335. The van der Waals surface area contributed by atoms with Gasteiger partial charge in [0.15, 0.2) is 0 Å². The first-order valence-electron chi connectivity index (χ1n) is 3.67. The van der Waals surface area contributed by atoms with Gasteiger partial charge in [-0.25, -0.2) is 0 Å². The fraction of sp³-hybridized carbons (Fsp3) is 0.625. The van der Waals surface area contributed by atoms with Crippen LogP contribution in [0, 0.1) is 5.41 Å². The number of alkyl halides is 1. The van der Waals surface area contributed by atoms with E-state index >= 15 is 0 Å². The molecule has 0 atom stereocenters. The Labute approximate surface area is 75.7 Å². The van der Waals surface area contributed by atoms with Gasteiger partial charge in [0.05, 0.1) is 0 Å². The minimum atomic E-state index is 0.284. The third-order valence-electron chi connectivity index (χ3n) is 1.51. The fourth-order valence-corrected chi connectivity index (χ4v) is 1.05. The molecule has 0 aliphatic rings. The highest BCUT2D eigenvalue weighted by atomic mass is 79.9. The average molecular weight is 217 g/mol. The highest BCUT2D eigenvalue weighted by molar-refractivity contribution is 9.09. The molecule has 3 heteroatoms. The van der Waals surface area contributed by atoms with Gasteiger partial charge in [-0.05, 0) is 11.5 Å². The molecule has 0 radical (unpaired) electrons. The summed E-state index contributed by atoms with van der Waals surface area (Å²) in [6, 6.07) is 1.95. The largest absolute Gasteiger partial charge is 0.272 e. The number of rotatable bonds is 3. The molecule has 0 fully saturated rings. The maximum absolute atomic E-state index is 4.15. The maximum atomic E-state index is 4.15. The van der Waals surface area contributed by atoms with Crippen molar-refractivity contribution in [2.45, 2.75) is 20.4 Å². The van der Waals surface area contributed by atoms with Crippen molar-refractivity contribution in [1.82, 2.24) is 9.78 Å². The summed E-state index contributed by atoms with van der Waals surface area (Å²) >= 11 is 3.48. The van der Waals surface area contributed by atoms with Crippen molar-refractivity contribution >= 4 is 15.9 Å². The predicted molar refractivity (Wildman–Crippen MR) is 49.8 cm³/mol. The summed E-state index contributed by atoms with van der Waals surface area (Å²) in [7, 11) is 0. The van der Waals surface area contributed by atoms with E-state index in [9.17, 15) is 0 Å². The van der Waals surface area contributed by atoms with Crippen LogP contribution in [0.25, 0.3) is 0 Å². The second kappa shape index (κ2) is 3.39. The quantitative estimate of drug-likeness (QED) is 0.710. The molecule has 0 N–H and O–H groups in total. The Morgan fingerprint density at radius 2 is 2.27 bits per heavy atom. The van der Waals surface area contributed by atoms with Gasteiger partial charge in [0, 0.05) is 24.3 Å². The predicted octanol–water partition coefficient (Wildman–Crippen LogP) is 2.30. The third kappa shape index (κ3) is 2.66. The molecule has 1 rings (SSSR count). The molecular formula is C8H13BrN2. The van der Waals surface area contributed by atoms with Crippen LogP contribution in [-0.2, 0) is 6.54 Å². The molecule has 62 valence electrons. The van der Waals surface area contributed by atoms with E-state index in [1.165, 1.54) is 0 Å².